The maximum Gasteiger partial charge on any atom is 0.335 e. The summed E-state index contributed by atoms with van der Waals surface area (Å²) in [6.07, 6.45) is 0.913. The van der Waals surface area contributed by atoms with E-state index in [1.54, 1.807) is 12.1 Å². The van der Waals surface area contributed by atoms with Gasteiger partial charge in [0.05, 0.1) is 5.56 Å². The number of nitrogens with one attached hydrogen (secondary N) is 1. The fraction of sp³-hybridized carbons (Fsp3) is 0.364. The molecular formula is C11H13NO2. The smallest absolute Gasteiger partial charge is 0.335 e. The first-order valence-electron chi connectivity index (χ1n) is 4.75. The number of rotatable bonds is 1. The molecule has 1 heterocycles. The SMILES string of the molecule is C[C@H]1Cc2cc(C(=O)O)ccc2CN1. The third-order valence-corrected chi connectivity index (χ3v) is 2.62. The molecule has 3 heteroatoms. The Morgan fingerprint density at radius 2 is 2.29 bits per heavy atom. The molecule has 0 unspecified atom stereocenters. The van der Waals surface area contributed by atoms with E-state index >= 15 is 0 Å². The van der Waals surface area contributed by atoms with E-state index < -0.39 is 5.97 Å². The second-order valence-electron chi connectivity index (χ2n) is 3.77. The molecule has 1 atom stereocenters. The molecule has 2 rings (SSSR count). The van der Waals surface area contributed by atoms with Gasteiger partial charge >= 0.3 is 5.97 Å². The first-order valence-corrected chi connectivity index (χ1v) is 4.75. The zero-order valence-electron chi connectivity index (χ0n) is 8.08. The van der Waals surface area contributed by atoms with Crippen LogP contribution in [0.1, 0.15) is 28.4 Å². The lowest BCUT2D eigenvalue weighted by atomic mass is 9.95. The van der Waals surface area contributed by atoms with Crippen molar-refractivity contribution >= 4 is 5.97 Å². The van der Waals surface area contributed by atoms with Gasteiger partial charge in [-0.05, 0) is 36.6 Å². The fourth-order valence-electron chi connectivity index (χ4n) is 1.81. The second kappa shape index (κ2) is 3.42. The number of carboxylic acids is 1. The topological polar surface area (TPSA) is 49.3 Å². The predicted octanol–water partition coefficient (Wildman–Crippen LogP) is 1.42. The number of carbonyl (C=O) groups is 1. The average molecular weight is 191 g/mol. The Bertz CT molecular complexity index is 374. The largest absolute Gasteiger partial charge is 0.478 e. The van der Waals surface area contributed by atoms with Gasteiger partial charge in [0.1, 0.15) is 0 Å². The molecule has 74 valence electrons. The summed E-state index contributed by atoms with van der Waals surface area (Å²) in [6, 6.07) is 5.79. The molecule has 0 aromatic heterocycles. The minimum absolute atomic E-state index is 0.387. The number of carboxylic acid groups (broad SMARTS) is 1. The fourth-order valence-corrected chi connectivity index (χ4v) is 1.81. The van der Waals surface area contributed by atoms with Gasteiger partial charge in [-0.2, -0.15) is 0 Å². The van der Waals surface area contributed by atoms with Crippen LogP contribution in [0.5, 0.6) is 0 Å². The van der Waals surface area contributed by atoms with Crippen molar-refractivity contribution in [2.75, 3.05) is 0 Å². The minimum atomic E-state index is -0.848. The molecule has 0 spiro atoms. The van der Waals surface area contributed by atoms with Crippen molar-refractivity contribution in [2.45, 2.75) is 25.9 Å². The van der Waals surface area contributed by atoms with E-state index in [2.05, 4.69) is 12.2 Å². The van der Waals surface area contributed by atoms with E-state index in [0.717, 1.165) is 18.5 Å². The van der Waals surface area contributed by atoms with Gasteiger partial charge in [0.15, 0.2) is 0 Å². The Kier molecular flexibility index (Phi) is 2.25. The summed E-state index contributed by atoms with van der Waals surface area (Å²) >= 11 is 0. The summed E-state index contributed by atoms with van der Waals surface area (Å²) in [7, 11) is 0. The van der Waals surface area contributed by atoms with Gasteiger partial charge in [-0.25, -0.2) is 4.79 Å². The van der Waals surface area contributed by atoms with Crippen LogP contribution in [0.3, 0.4) is 0 Å². The Labute approximate surface area is 82.8 Å². The highest BCUT2D eigenvalue weighted by atomic mass is 16.4. The highest BCUT2D eigenvalue weighted by Crippen LogP contribution is 2.18. The first-order chi connectivity index (χ1) is 6.66. The van der Waals surface area contributed by atoms with Crippen LogP contribution in [0.2, 0.25) is 0 Å². The third-order valence-electron chi connectivity index (χ3n) is 2.62. The molecule has 1 aromatic rings. The molecule has 1 aromatic carbocycles. The zero-order chi connectivity index (χ0) is 10.1. The minimum Gasteiger partial charge on any atom is -0.478 e. The Morgan fingerprint density at radius 3 is 3.00 bits per heavy atom. The van der Waals surface area contributed by atoms with Crippen LogP contribution in [-0.4, -0.2) is 17.1 Å². The van der Waals surface area contributed by atoms with Crippen molar-refractivity contribution in [3.8, 4) is 0 Å². The number of aromatic carboxylic acids is 1. The summed E-state index contributed by atoms with van der Waals surface area (Å²) in [5.74, 6) is -0.848. The van der Waals surface area contributed by atoms with Crippen molar-refractivity contribution in [3.05, 3.63) is 34.9 Å². The van der Waals surface area contributed by atoms with E-state index in [0.29, 0.717) is 11.6 Å². The van der Waals surface area contributed by atoms with Crippen molar-refractivity contribution < 1.29 is 9.90 Å². The molecule has 0 amide bonds. The standard InChI is InChI=1S/C11H13NO2/c1-7-4-10-5-8(11(13)14)2-3-9(10)6-12-7/h2-3,5,7,12H,4,6H2,1H3,(H,13,14)/t7-/m0/s1. The molecule has 0 aliphatic carbocycles. The Hall–Kier alpha value is -1.35. The normalized spacial score (nSPS) is 20.2. The van der Waals surface area contributed by atoms with E-state index in [9.17, 15) is 4.79 Å². The highest BCUT2D eigenvalue weighted by molar-refractivity contribution is 5.87. The average Bonchev–Trinajstić information content (AvgIpc) is 2.16. The first kappa shape index (κ1) is 9.21. The number of hydrogen-bond acceptors (Lipinski definition) is 2. The molecule has 3 nitrogen and oxygen atoms in total. The summed E-state index contributed by atoms with van der Waals surface area (Å²) in [4.78, 5) is 10.8. The summed E-state index contributed by atoms with van der Waals surface area (Å²) in [6.45, 7) is 2.95. The number of fused-ring (bicyclic) bond motifs is 1. The van der Waals surface area contributed by atoms with Crippen LogP contribution in [0, 0.1) is 0 Å². The molecule has 0 saturated heterocycles. The van der Waals surface area contributed by atoms with Crippen molar-refractivity contribution in [1.29, 1.82) is 0 Å². The zero-order valence-corrected chi connectivity index (χ0v) is 8.08. The second-order valence-corrected chi connectivity index (χ2v) is 3.77. The van der Waals surface area contributed by atoms with E-state index in [-0.39, 0.29) is 0 Å². The van der Waals surface area contributed by atoms with Crippen LogP contribution in [0.25, 0.3) is 0 Å². The predicted molar refractivity (Wildman–Crippen MR) is 53.4 cm³/mol. The monoisotopic (exact) mass is 191 g/mol. The lowest BCUT2D eigenvalue weighted by molar-refractivity contribution is 0.0696. The van der Waals surface area contributed by atoms with Gasteiger partial charge in [0.25, 0.3) is 0 Å². The van der Waals surface area contributed by atoms with Gasteiger partial charge in [-0.1, -0.05) is 6.07 Å². The lowest BCUT2D eigenvalue weighted by Crippen LogP contribution is -2.32. The van der Waals surface area contributed by atoms with Crippen LogP contribution >= 0.6 is 0 Å². The molecule has 1 aliphatic heterocycles. The molecule has 14 heavy (non-hydrogen) atoms. The van der Waals surface area contributed by atoms with E-state index in [4.69, 9.17) is 5.11 Å². The molecule has 0 radical (unpaired) electrons. The molecule has 0 fully saturated rings. The molecule has 0 bridgehead atoms. The molecule has 0 saturated carbocycles. The maximum atomic E-state index is 10.8. The van der Waals surface area contributed by atoms with Gasteiger partial charge < -0.3 is 10.4 Å². The van der Waals surface area contributed by atoms with Crippen LogP contribution in [-0.2, 0) is 13.0 Å². The van der Waals surface area contributed by atoms with Crippen LogP contribution < -0.4 is 5.32 Å². The quantitative estimate of drug-likeness (QED) is 0.705. The van der Waals surface area contributed by atoms with Crippen molar-refractivity contribution in [2.24, 2.45) is 0 Å². The van der Waals surface area contributed by atoms with Crippen molar-refractivity contribution in [1.82, 2.24) is 5.32 Å². The van der Waals surface area contributed by atoms with Gasteiger partial charge in [-0.3, -0.25) is 0 Å². The number of hydrogen-bond donors (Lipinski definition) is 2. The summed E-state index contributed by atoms with van der Waals surface area (Å²) < 4.78 is 0. The third kappa shape index (κ3) is 1.63. The van der Waals surface area contributed by atoms with Crippen molar-refractivity contribution in [3.63, 3.8) is 0 Å². The van der Waals surface area contributed by atoms with Gasteiger partial charge in [0, 0.05) is 12.6 Å². The van der Waals surface area contributed by atoms with E-state index in [1.807, 2.05) is 6.07 Å². The summed E-state index contributed by atoms with van der Waals surface area (Å²) in [5, 5.41) is 12.2. The van der Waals surface area contributed by atoms with Crippen LogP contribution in [0.4, 0.5) is 0 Å². The van der Waals surface area contributed by atoms with Crippen LogP contribution in [0.15, 0.2) is 18.2 Å². The Morgan fingerprint density at radius 1 is 1.50 bits per heavy atom. The van der Waals surface area contributed by atoms with E-state index in [1.165, 1.54) is 5.56 Å². The van der Waals surface area contributed by atoms with Gasteiger partial charge in [-0.15, -0.1) is 0 Å². The highest BCUT2D eigenvalue weighted by Gasteiger charge is 2.15. The number of benzene rings is 1. The molecular weight excluding hydrogens is 178 g/mol. The lowest BCUT2D eigenvalue weighted by Gasteiger charge is -2.23. The Balaban J connectivity index is 2.37. The maximum absolute atomic E-state index is 10.8. The summed E-state index contributed by atoms with van der Waals surface area (Å²) in [5.41, 5.74) is 2.77. The van der Waals surface area contributed by atoms with Gasteiger partial charge in [0.2, 0.25) is 0 Å². The molecule has 1 aliphatic rings. The molecule has 2 N–H and O–H groups in total.